The Labute approximate surface area is 257 Å². The van der Waals surface area contributed by atoms with Crippen LogP contribution >= 0.6 is 0 Å². The van der Waals surface area contributed by atoms with Crippen LogP contribution in [0.3, 0.4) is 0 Å². The molecule has 10 nitrogen and oxygen atoms in total. The standard InChI is InChI=1S/C35H24N8O2/c36-19-24-6-17-30(37-20-24)25-7-4-23(5-8-25)21-42-22-31(40-41-42)26-9-11-27(12-10-26)33-34(43-18-2-1-3-32(43)39-33)38-29-15-13-28(14-16-29)35(44)45/h1-18,20,22,38H,21H2,(H,44,45). The van der Waals surface area contributed by atoms with Crippen LogP contribution in [0.5, 0.6) is 0 Å². The van der Waals surface area contributed by atoms with Crippen molar-refractivity contribution in [1.29, 1.82) is 5.26 Å². The van der Waals surface area contributed by atoms with Crippen LogP contribution in [0.4, 0.5) is 11.5 Å². The number of imidazole rings is 1. The molecule has 4 heterocycles. The zero-order valence-corrected chi connectivity index (χ0v) is 23.7. The van der Waals surface area contributed by atoms with Gasteiger partial charge < -0.3 is 10.4 Å². The summed E-state index contributed by atoms with van der Waals surface area (Å²) in [5.41, 5.74) is 8.51. The van der Waals surface area contributed by atoms with E-state index >= 15 is 0 Å². The number of pyridine rings is 2. The molecule has 4 aromatic heterocycles. The molecule has 0 saturated carbocycles. The average molecular weight is 589 g/mol. The first kappa shape index (κ1) is 27.2. The van der Waals surface area contributed by atoms with Crippen LogP contribution in [-0.2, 0) is 6.54 Å². The van der Waals surface area contributed by atoms with Gasteiger partial charge in [0.15, 0.2) is 0 Å². The molecule has 0 spiro atoms. The van der Waals surface area contributed by atoms with Crippen molar-refractivity contribution in [1.82, 2.24) is 29.4 Å². The molecule has 0 unspecified atom stereocenters. The number of hydrogen-bond acceptors (Lipinski definition) is 7. The SMILES string of the molecule is N#Cc1ccc(-c2ccc(Cn3cc(-c4ccc(-c5nc6ccccn6c5Nc5ccc(C(=O)O)cc5)cc4)nn3)cc2)nc1. The smallest absolute Gasteiger partial charge is 0.335 e. The topological polar surface area (TPSA) is 134 Å². The molecule has 0 saturated heterocycles. The van der Waals surface area contributed by atoms with Gasteiger partial charge in [0, 0.05) is 34.8 Å². The zero-order valence-electron chi connectivity index (χ0n) is 23.7. The van der Waals surface area contributed by atoms with Gasteiger partial charge >= 0.3 is 5.97 Å². The number of carboxylic acids is 1. The molecule has 216 valence electrons. The number of hydrogen-bond donors (Lipinski definition) is 2. The van der Waals surface area contributed by atoms with E-state index in [9.17, 15) is 9.90 Å². The van der Waals surface area contributed by atoms with E-state index in [-0.39, 0.29) is 5.56 Å². The number of rotatable bonds is 8. The molecule has 0 aliphatic heterocycles. The van der Waals surface area contributed by atoms with Crippen molar-refractivity contribution >= 4 is 23.1 Å². The van der Waals surface area contributed by atoms with Crippen molar-refractivity contribution < 1.29 is 9.90 Å². The number of anilines is 2. The molecular weight excluding hydrogens is 564 g/mol. The minimum Gasteiger partial charge on any atom is -0.478 e. The zero-order chi connectivity index (χ0) is 30.8. The third-order valence-electron chi connectivity index (χ3n) is 7.40. The first-order valence-electron chi connectivity index (χ1n) is 14.1. The molecule has 3 aromatic carbocycles. The number of carboxylic acid groups (broad SMARTS) is 1. The summed E-state index contributed by atoms with van der Waals surface area (Å²) < 4.78 is 3.77. The van der Waals surface area contributed by atoms with Crippen molar-refractivity contribution in [3.05, 3.63) is 138 Å². The molecule has 0 amide bonds. The number of nitriles is 1. The monoisotopic (exact) mass is 588 g/mol. The van der Waals surface area contributed by atoms with Crippen LogP contribution in [0.2, 0.25) is 0 Å². The molecule has 0 radical (unpaired) electrons. The van der Waals surface area contributed by atoms with Gasteiger partial charge in [-0.05, 0) is 54.1 Å². The number of nitrogens with zero attached hydrogens (tertiary/aromatic N) is 7. The van der Waals surface area contributed by atoms with Gasteiger partial charge in [-0.1, -0.05) is 59.8 Å². The van der Waals surface area contributed by atoms with Gasteiger partial charge in [0.25, 0.3) is 0 Å². The van der Waals surface area contributed by atoms with Crippen molar-refractivity contribution in [2.45, 2.75) is 6.54 Å². The van der Waals surface area contributed by atoms with E-state index in [2.05, 4.69) is 26.7 Å². The van der Waals surface area contributed by atoms with Crippen LogP contribution < -0.4 is 5.32 Å². The second-order valence-electron chi connectivity index (χ2n) is 10.4. The first-order valence-corrected chi connectivity index (χ1v) is 14.1. The van der Waals surface area contributed by atoms with Gasteiger partial charge in [0.05, 0.1) is 29.6 Å². The normalized spacial score (nSPS) is 10.9. The molecule has 0 bridgehead atoms. The molecule has 7 rings (SSSR count). The lowest BCUT2D eigenvalue weighted by Crippen LogP contribution is -2.00. The number of benzene rings is 3. The minimum absolute atomic E-state index is 0.224. The van der Waals surface area contributed by atoms with Crippen molar-refractivity contribution in [3.8, 4) is 39.8 Å². The summed E-state index contributed by atoms with van der Waals surface area (Å²) in [6, 6.07) is 34.2. The van der Waals surface area contributed by atoms with E-state index in [1.54, 1.807) is 41.2 Å². The Balaban J connectivity index is 1.09. The van der Waals surface area contributed by atoms with Gasteiger partial charge in [0.2, 0.25) is 0 Å². The highest BCUT2D eigenvalue weighted by Crippen LogP contribution is 2.32. The lowest BCUT2D eigenvalue weighted by Gasteiger charge is -2.09. The molecule has 0 fully saturated rings. The highest BCUT2D eigenvalue weighted by molar-refractivity contribution is 5.88. The summed E-state index contributed by atoms with van der Waals surface area (Å²) in [6.45, 7) is 0.565. The van der Waals surface area contributed by atoms with Crippen molar-refractivity contribution in [3.63, 3.8) is 0 Å². The van der Waals surface area contributed by atoms with Gasteiger partial charge in [-0.2, -0.15) is 5.26 Å². The lowest BCUT2D eigenvalue weighted by atomic mass is 10.1. The van der Waals surface area contributed by atoms with Crippen LogP contribution in [0, 0.1) is 11.3 Å². The Hall–Kier alpha value is -6.60. The van der Waals surface area contributed by atoms with E-state index < -0.39 is 5.97 Å². The Morgan fingerprint density at radius 1 is 0.844 bits per heavy atom. The maximum absolute atomic E-state index is 11.3. The summed E-state index contributed by atoms with van der Waals surface area (Å²) in [5, 5.41) is 30.4. The quantitative estimate of drug-likeness (QED) is 0.201. The van der Waals surface area contributed by atoms with E-state index in [0.717, 1.165) is 56.5 Å². The third-order valence-corrected chi connectivity index (χ3v) is 7.40. The van der Waals surface area contributed by atoms with E-state index in [0.29, 0.717) is 12.1 Å². The second-order valence-corrected chi connectivity index (χ2v) is 10.4. The largest absolute Gasteiger partial charge is 0.478 e. The van der Waals surface area contributed by atoms with Gasteiger partial charge in [-0.25, -0.2) is 14.5 Å². The van der Waals surface area contributed by atoms with Gasteiger partial charge in [-0.15, -0.1) is 5.10 Å². The molecule has 0 aliphatic rings. The van der Waals surface area contributed by atoms with E-state index in [1.807, 2.05) is 89.6 Å². The summed E-state index contributed by atoms with van der Waals surface area (Å²) in [4.78, 5) is 20.5. The van der Waals surface area contributed by atoms with Crippen LogP contribution in [0.1, 0.15) is 21.5 Å². The molecule has 45 heavy (non-hydrogen) atoms. The fraction of sp³-hybridized carbons (Fsp3) is 0.0286. The minimum atomic E-state index is -0.968. The fourth-order valence-electron chi connectivity index (χ4n) is 5.05. The summed E-state index contributed by atoms with van der Waals surface area (Å²) in [7, 11) is 0. The van der Waals surface area contributed by atoms with Crippen LogP contribution in [0.25, 0.3) is 39.4 Å². The van der Waals surface area contributed by atoms with E-state index in [1.165, 1.54) is 0 Å². The molecule has 0 atom stereocenters. The summed E-state index contributed by atoms with van der Waals surface area (Å²) in [6.07, 6.45) is 5.43. The maximum atomic E-state index is 11.3. The summed E-state index contributed by atoms with van der Waals surface area (Å²) in [5.74, 6) is -0.196. The number of aromatic nitrogens is 6. The summed E-state index contributed by atoms with van der Waals surface area (Å²) >= 11 is 0. The van der Waals surface area contributed by atoms with E-state index in [4.69, 9.17) is 10.2 Å². The van der Waals surface area contributed by atoms with Crippen LogP contribution in [-0.4, -0.2) is 40.4 Å². The second kappa shape index (κ2) is 11.6. The average Bonchev–Trinajstić information content (AvgIpc) is 3.70. The van der Waals surface area contributed by atoms with Gasteiger partial charge in [-0.3, -0.25) is 9.38 Å². The first-order chi connectivity index (χ1) is 22.0. The lowest BCUT2D eigenvalue weighted by molar-refractivity contribution is 0.0697. The molecular formula is C35H24N8O2. The Kier molecular flexibility index (Phi) is 7.01. The predicted octanol–water partition coefficient (Wildman–Crippen LogP) is 6.68. The van der Waals surface area contributed by atoms with Gasteiger partial charge in [0.1, 0.15) is 28.9 Å². The number of carbonyl (C=O) groups is 1. The van der Waals surface area contributed by atoms with Crippen molar-refractivity contribution in [2.75, 3.05) is 5.32 Å². The number of fused-ring (bicyclic) bond motifs is 1. The molecule has 0 aliphatic carbocycles. The molecule has 7 aromatic rings. The highest BCUT2D eigenvalue weighted by atomic mass is 16.4. The maximum Gasteiger partial charge on any atom is 0.335 e. The fourth-order valence-corrected chi connectivity index (χ4v) is 5.05. The third kappa shape index (κ3) is 5.61. The van der Waals surface area contributed by atoms with Crippen molar-refractivity contribution in [2.24, 2.45) is 0 Å². The Bertz CT molecular complexity index is 2180. The molecule has 10 heteroatoms. The number of nitrogens with one attached hydrogen (secondary N) is 1. The highest BCUT2D eigenvalue weighted by Gasteiger charge is 2.15. The predicted molar refractivity (Wildman–Crippen MR) is 170 cm³/mol. The number of aromatic carboxylic acids is 1. The molecule has 2 N–H and O–H groups in total. The Morgan fingerprint density at radius 2 is 1.58 bits per heavy atom. The Morgan fingerprint density at radius 3 is 2.29 bits per heavy atom. The van der Waals surface area contributed by atoms with Crippen LogP contribution in [0.15, 0.2) is 122 Å².